The highest BCUT2D eigenvalue weighted by Crippen LogP contribution is 2.31. The van der Waals surface area contributed by atoms with E-state index in [4.69, 9.17) is 10.00 Å². The normalized spacial score (nSPS) is 10.1. The fourth-order valence-corrected chi connectivity index (χ4v) is 1.89. The summed E-state index contributed by atoms with van der Waals surface area (Å²) in [7, 11) is 0. The Morgan fingerprint density at radius 3 is 2.42 bits per heavy atom. The van der Waals surface area contributed by atoms with E-state index < -0.39 is 5.82 Å². The summed E-state index contributed by atoms with van der Waals surface area (Å²) < 4.78 is 19.1. The summed E-state index contributed by atoms with van der Waals surface area (Å²) >= 11 is 0. The number of nitrogens with zero attached hydrogens (tertiary/aromatic N) is 1. The number of aryl methyl sites for hydroxylation is 2. The molecule has 19 heavy (non-hydrogen) atoms. The number of halogens is 1. The lowest BCUT2D eigenvalue weighted by Gasteiger charge is -2.13. The average Bonchev–Trinajstić information content (AvgIpc) is 2.38. The summed E-state index contributed by atoms with van der Waals surface area (Å²) in [6.07, 6.45) is 0. The molecule has 0 saturated heterocycles. The Morgan fingerprint density at radius 2 is 1.74 bits per heavy atom. The summed E-state index contributed by atoms with van der Waals surface area (Å²) in [4.78, 5) is 0. The summed E-state index contributed by atoms with van der Waals surface area (Å²) in [6.45, 7) is 5.89. The summed E-state index contributed by atoms with van der Waals surface area (Å²) in [6, 6.07) is 9.89. The fraction of sp³-hybridized carbons (Fsp3) is 0.188. The zero-order chi connectivity index (χ0) is 14.0. The van der Waals surface area contributed by atoms with Crippen molar-refractivity contribution in [3.05, 3.63) is 58.4 Å². The monoisotopic (exact) mass is 255 g/mol. The maximum atomic E-state index is 13.4. The third-order valence-electron chi connectivity index (χ3n) is 3.09. The van der Waals surface area contributed by atoms with Crippen LogP contribution in [0, 0.1) is 37.9 Å². The van der Waals surface area contributed by atoms with Crippen LogP contribution in [0.4, 0.5) is 4.39 Å². The summed E-state index contributed by atoms with van der Waals surface area (Å²) in [5, 5.41) is 8.83. The van der Waals surface area contributed by atoms with E-state index in [2.05, 4.69) is 0 Å². The minimum Gasteiger partial charge on any atom is -0.457 e. The van der Waals surface area contributed by atoms with Crippen molar-refractivity contribution in [3.63, 3.8) is 0 Å². The first kappa shape index (κ1) is 13.1. The third-order valence-corrected chi connectivity index (χ3v) is 3.09. The highest BCUT2D eigenvalue weighted by atomic mass is 19.1. The molecule has 0 amide bonds. The van der Waals surface area contributed by atoms with Gasteiger partial charge in [-0.3, -0.25) is 0 Å². The summed E-state index contributed by atoms with van der Waals surface area (Å²) in [5.41, 5.74) is 3.35. The van der Waals surface area contributed by atoms with Crippen LogP contribution in [0.5, 0.6) is 11.5 Å². The van der Waals surface area contributed by atoms with E-state index >= 15 is 0 Å². The van der Waals surface area contributed by atoms with Gasteiger partial charge in [-0.1, -0.05) is 12.1 Å². The molecule has 2 aromatic carbocycles. The second-order valence-electron chi connectivity index (χ2n) is 4.54. The van der Waals surface area contributed by atoms with Crippen LogP contribution in [-0.2, 0) is 0 Å². The minimum atomic E-state index is -0.475. The predicted octanol–water partition coefficient (Wildman–Crippen LogP) is 4.41. The minimum absolute atomic E-state index is 0.248. The van der Waals surface area contributed by atoms with Crippen LogP contribution in [0.25, 0.3) is 0 Å². The Bertz CT molecular complexity index is 671. The van der Waals surface area contributed by atoms with Crippen LogP contribution in [0.15, 0.2) is 30.3 Å². The van der Waals surface area contributed by atoms with E-state index in [1.807, 2.05) is 39.0 Å². The number of hydrogen-bond acceptors (Lipinski definition) is 2. The number of ether oxygens (including phenoxy) is 1. The van der Waals surface area contributed by atoms with Gasteiger partial charge in [0.25, 0.3) is 0 Å². The van der Waals surface area contributed by atoms with Crippen molar-refractivity contribution >= 4 is 0 Å². The molecule has 0 aliphatic rings. The number of rotatable bonds is 2. The fourth-order valence-electron chi connectivity index (χ4n) is 1.89. The Balaban J connectivity index is 2.45. The molecule has 0 aliphatic heterocycles. The molecular formula is C16H14FNO. The molecule has 0 spiro atoms. The van der Waals surface area contributed by atoms with Gasteiger partial charge < -0.3 is 4.74 Å². The van der Waals surface area contributed by atoms with Gasteiger partial charge in [-0.15, -0.1) is 0 Å². The van der Waals surface area contributed by atoms with E-state index in [1.54, 1.807) is 0 Å². The van der Waals surface area contributed by atoms with Crippen LogP contribution in [-0.4, -0.2) is 0 Å². The maximum Gasteiger partial charge on any atom is 0.133 e. The lowest BCUT2D eigenvalue weighted by atomic mass is 10.1. The van der Waals surface area contributed by atoms with Crippen molar-refractivity contribution in [1.82, 2.24) is 0 Å². The zero-order valence-corrected chi connectivity index (χ0v) is 11.1. The van der Waals surface area contributed by atoms with Crippen molar-refractivity contribution < 1.29 is 9.13 Å². The molecule has 0 aromatic heterocycles. The number of hydrogen-bond donors (Lipinski definition) is 0. The van der Waals surface area contributed by atoms with Gasteiger partial charge in [0, 0.05) is 6.07 Å². The topological polar surface area (TPSA) is 33.0 Å². The molecule has 0 saturated carbocycles. The average molecular weight is 255 g/mol. The molecule has 0 heterocycles. The molecule has 0 fully saturated rings. The van der Waals surface area contributed by atoms with Gasteiger partial charge in [0.2, 0.25) is 0 Å². The quantitative estimate of drug-likeness (QED) is 0.796. The van der Waals surface area contributed by atoms with Gasteiger partial charge in [0.05, 0.1) is 11.6 Å². The first-order chi connectivity index (χ1) is 9.01. The number of nitriles is 1. The SMILES string of the molecule is Cc1ccc(C)c(Oc2cc(F)cc(C#N)c2)c1C. The van der Waals surface area contributed by atoms with Crippen LogP contribution in [0.1, 0.15) is 22.3 Å². The van der Waals surface area contributed by atoms with E-state index in [-0.39, 0.29) is 5.56 Å². The number of benzene rings is 2. The lowest BCUT2D eigenvalue weighted by Crippen LogP contribution is -1.94. The standard InChI is InChI=1S/C16H14FNO/c1-10-4-5-11(2)16(12(10)3)19-15-7-13(9-18)6-14(17)8-15/h4-8H,1-3H3. The van der Waals surface area contributed by atoms with Gasteiger partial charge in [-0.25, -0.2) is 4.39 Å². The third kappa shape index (κ3) is 2.74. The van der Waals surface area contributed by atoms with Crippen molar-refractivity contribution in [1.29, 1.82) is 5.26 Å². The molecule has 3 heteroatoms. The Labute approximate surface area is 112 Å². The van der Waals surface area contributed by atoms with Crippen LogP contribution in [0.3, 0.4) is 0 Å². The molecule has 0 N–H and O–H groups in total. The van der Waals surface area contributed by atoms with Crippen LogP contribution < -0.4 is 4.74 Å². The predicted molar refractivity (Wildman–Crippen MR) is 71.8 cm³/mol. The van der Waals surface area contributed by atoms with Gasteiger partial charge in [0.1, 0.15) is 17.3 Å². The van der Waals surface area contributed by atoms with Crippen molar-refractivity contribution in [2.45, 2.75) is 20.8 Å². The lowest BCUT2D eigenvalue weighted by molar-refractivity contribution is 0.469. The van der Waals surface area contributed by atoms with E-state index in [9.17, 15) is 4.39 Å². The van der Waals surface area contributed by atoms with Crippen molar-refractivity contribution in [2.24, 2.45) is 0 Å². The smallest absolute Gasteiger partial charge is 0.133 e. The molecule has 2 rings (SSSR count). The molecule has 0 atom stereocenters. The molecule has 0 bridgehead atoms. The Morgan fingerprint density at radius 1 is 1.05 bits per heavy atom. The van der Waals surface area contributed by atoms with Gasteiger partial charge >= 0.3 is 0 Å². The first-order valence-electron chi connectivity index (χ1n) is 5.96. The Kier molecular flexibility index (Phi) is 3.52. The van der Waals surface area contributed by atoms with Crippen molar-refractivity contribution in [2.75, 3.05) is 0 Å². The van der Waals surface area contributed by atoms with E-state index in [1.165, 1.54) is 18.2 Å². The van der Waals surface area contributed by atoms with E-state index in [0.29, 0.717) is 5.75 Å². The molecular weight excluding hydrogens is 241 g/mol. The highest BCUT2D eigenvalue weighted by Gasteiger charge is 2.09. The van der Waals surface area contributed by atoms with Crippen LogP contribution in [0.2, 0.25) is 0 Å². The first-order valence-corrected chi connectivity index (χ1v) is 5.96. The largest absolute Gasteiger partial charge is 0.457 e. The molecule has 0 aliphatic carbocycles. The van der Waals surface area contributed by atoms with E-state index in [0.717, 1.165) is 22.4 Å². The highest BCUT2D eigenvalue weighted by molar-refractivity contribution is 5.48. The molecule has 96 valence electrons. The van der Waals surface area contributed by atoms with Gasteiger partial charge in [-0.2, -0.15) is 5.26 Å². The molecule has 0 radical (unpaired) electrons. The molecule has 2 nitrogen and oxygen atoms in total. The van der Waals surface area contributed by atoms with Crippen molar-refractivity contribution in [3.8, 4) is 17.6 Å². The molecule has 2 aromatic rings. The second-order valence-corrected chi connectivity index (χ2v) is 4.54. The van der Waals surface area contributed by atoms with Gasteiger partial charge in [0.15, 0.2) is 0 Å². The zero-order valence-electron chi connectivity index (χ0n) is 11.1. The molecule has 0 unspecified atom stereocenters. The summed E-state index contributed by atoms with van der Waals surface area (Å²) in [5.74, 6) is 0.583. The van der Waals surface area contributed by atoms with Crippen LogP contribution >= 0.6 is 0 Å². The Hall–Kier alpha value is -2.34. The second kappa shape index (κ2) is 5.11. The maximum absolute atomic E-state index is 13.4. The van der Waals surface area contributed by atoms with Gasteiger partial charge in [-0.05, 0) is 49.6 Å².